The predicted molar refractivity (Wildman–Crippen MR) is 492 cm³/mol. The number of hydrogen-bond donors (Lipinski definition) is 1. The fourth-order valence-electron chi connectivity index (χ4n) is 16.9. The molecule has 0 saturated carbocycles. The van der Waals surface area contributed by atoms with Gasteiger partial charge in [0.25, 0.3) is 5.70 Å². The Hall–Kier alpha value is -8.06. The molecule has 0 bridgehead atoms. The van der Waals surface area contributed by atoms with Crippen LogP contribution in [0.4, 0.5) is 17.1 Å². The van der Waals surface area contributed by atoms with E-state index in [1.165, 1.54) is 151 Å². The van der Waals surface area contributed by atoms with Gasteiger partial charge in [0.2, 0.25) is 0 Å². The number of aliphatic carboxylic acids is 1. The largest absolute Gasteiger partial charge is 0.493 e. The molecule has 6 unspecified atom stereocenters. The van der Waals surface area contributed by atoms with Crippen LogP contribution in [-0.2, 0) is 10.2 Å². The molecule has 1 aliphatic rings. The highest BCUT2D eigenvalue weighted by Gasteiger charge is 2.49. The van der Waals surface area contributed by atoms with Crippen LogP contribution < -0.4 is 23.8 Å². The first-order valence-electron chi connectivity index (χ1n) is 44.1. The van der Waals surface area contributed by atoms with Gasteiger partial charge in [0, 0.05) is 86.1 Å². The second-order valence-corrected chi connectivity index (χ2v) is 36.3. The summed E-state index contributed by atoms with van der Waals surface area (Å²) in [6.07, 6.45) is 31.7. The van der Waals surface area contributed by atoms with E-state index >= 15 is 0 Å². The number of carboxylic acids is 1. The van der Waals surface area contributed by atoms with Crippen molar-refractivity contribution in [1.29, 1.82) is 0 Å². The summed E-state index contributed by atoms with van der Waals surface area (Å²) in [6, 6.07) is 53.5. The maximum Gasteiger partial charge on any atom is 0.333 e. The molecule has 0 fully saturated rings. The fraction of sp³-hybridized carbons (Fsp3) is 0.485. The summed E-state index contributed by atoms with van der Waals surface area (Å²) in [7, 11) is 0. The lowest BCUT2D eigenvalue weighted by Crippen LogP contribution is -2.30. The molecule has 0 spiro atoms. The van der Waals surface area contributed by atoms with Crippen molar-refractivity contribution in [2.24, 2.45) is 35.5 Å². The lowest BCUT2D eigenvalue weighted by atomic mass is 9.70. The lowest BCUT2D eigenvalue weighted by Gasteiger charge is -2.37. The molecule has 0 amide bonds. The summed E-state index contributed by atoms with van der Waals surface area (Å²) < 4.78 is 37.4. The van der Waals surface area contributed by atoms with Gasteiger partial charge in [-0.2, -0.15) is 8.75 Å². The number of aromatic nitrogens is 2. The lowest BCUT2D eigenvalue weighted by molar-refractivity contribution is -0.132. The maximum atomic E-state index is 12.0. The highest BCUT2D eigenvalue weighted by molar-refractivity contribution is 7.23. The molecule has 11 rings (SSSR count). The van der Waals surface area contributed by atoms with Crippen LogP contribution in [0.2, 0.25) is 0 Å². The predicted octanol–water partition coefficient (Wildman–Crippen LogP) is 31.9. The van der Waals surface area contributed by atoms with Crippen LogP contribution in [0.3, 0.4) is 0 Å². The Bertz CT molecular complexity index is 4600. The number of rotatable bonds is 50. The molecular formula is C101H128N4O6S4. The third-order valence-corrected chi connectivity index (χ3v) is 28.9. The van der Waals surface area contributed by atoms with E-state index in [4.69, 9.17) is 34.3 Å². The second kappa shape index (κ2) is 43.9. The number of nitrogens with zero attached hydrogens (tertiary/aromatic N) is 4. The van der Waals surface area contributed by atoms with Crippen LogP contribution in [0.15, 0.2) is 151 Å². The van der Waals surface area contributed by atoms with Crippen LogP contribution >= 0.6 is 45.7 Å². The Morgan fingerprint density at radius 3 is 1.18 bits per heavy atom. The van der Waals surface area contributed by atoms with Gasteiger partial charge in [0.05, 0.1) is 44.7 Å². The Morgan fingerprint density at radius 2 is 0.783 bits per heavy atom. The van der Waals surface area contributed by atoms with E-state index in [1.54, 1.807) is 11.3 Å². The normalized spacial score (nSPS) is 14.9. The van der Waals surface area contributed by atoms with Crippen LogP contribution in [0, 0.1) is 42.1 Å². The highest BCUT2D eigenvalue weighted by Crippen LogP contribution is 2.64. The van der Waals surface area contributed by atoms with Gasteiger partial charge >= 0.3 is 5.97 Å². The molecule has 0 saturated heterocycles. The van der Waals surface area contributed by atoms with Crippen molar-refractivity contribution in [3.8, 4) is 87.7 Å². The van der Waals surface area contributed by atoms with Crippen molar-refractivity contribution in [2.75, 3.05) is 31.3 Å². The SMILES string of the molecule is [C-]#[N+]/C(=C\c1ccc(-c2cc3c(s2)C(CC(CC)CCCC)(CC(CC)CCCC)c2sc(-c4ccc(-c5ccc(N(c6ccc(-c7ccc(OCC(CC)CCCC)cc7OCC(CC)CCCC)cc6)c6ccc(-c7ccc(OCC(CC)CCCC)cc7OCC(CC)CCCC)cc6)cc5)c5nsnc45)cc2-3)s1)C(=O)O. The van der Waals surface area contributed by atoms with E-state index < -0.39 is 5.97 Å². The molecule has 6 atom stereocenters. The third kappa shape index (κ3) is 22.0. The zero-order valence-electron chi connectivity index (χ0n) is 71.0. The molecule has 0 aliphatic heterocycles. The highest BCUT2D eigenvalue weighted by atomic mass is 32.1. The molecule has 10 nitrogen and oxygen atoms in total. The smallest absolute Gasteiger partial charge is 0.333 e. The first kappa shape index (κ1) is 87.8. The summed E-state index contributed by atoms with van der Waals surface area (Å²) in [5, 5.41) is 9.79. The molecule has 10 aromatic rings. The number of carboxylic acid groups (broad SMARTS) is 1. The minimum atomic E-state index is -1.21. The molecule has 4 heterocycles. The van der Waals surface area contributed by atoms with E-state index in [-0.39, 0.29) is 11.1 Å². The van der Waals surface area contributed by atoms with Crippen LogP contribution in [0.5, 0.6) is 23.0 Å². The van der Waals surface area contributed by atoms with Gasteiger partial charge in [0.15, 0.2) is 0 Å². The van der Waals surface area contributed by atoms with E-state index in [0.717, 1.165) is 164 Å². The fourth-order valence-corrected chi connectivity index (χ4v) is 21.3. The van der Waals surface area contributed by atoms with Gasteiger partial charge in [-0.3, -0.25) is 4.79 Å². The number of carbonyl (C=O) groups is 1. The van der Waals surface area contributed by atoms with Crippen LogP contribution in [-0.4, -0.2) is 46.3 Å². The summed E-state index contributed by atoms with van der Waals surface area (Å²) in [4.78, 5) is 24.9. The molecule has 6 aromatic carbocycles. The topological polar surface area (TPSA) is 108 Å². The van der Waals surface area contributed by atoms with Gasteiger partial charge in [-0.05, 0) is 193 Å². The average Bonchev–Trinajstić information content (AvgIpc) is 1.54. The number of anilines is 3. The molecule has 14 heteroatoms. The number of thiophene rings is 3. The molecule has 4 aromatic heterocycles. The average molecular weight is 1620 g/mol. The van der Waals surface area contributed by atoms with Crippen molar-refractivity contribution in [3.63, 3.8) is 0 Å². The van der Waals surface area contributed by atoms with E-state index in [2.05, 4.69) is 232 Å². The number of fused-ring (bicyclic) bond motifs is 4. The van der Waals surface area contributed by atoms with Crippen LogP contribution in [0.25, 0.3) is 86.7 Å². The van der Waals surface area contributed by atoms with Gasteiger partial charge in [-0.1, -0.05) is 260 Å². The van der Waals surface area contributed by atoms with E-state index in [0.29, 0.717) is 61.9 Å². The molecule has 612 valence electrons. The first-order valence-corrected chi connectivity index (χ1v) is 47.3. The maximum absolute atomic E-state index is 12.0. The number of benzene rings is 6. The van der Waals surface area contributed by atoms with E-state index in [1.807, 2.05) is 28.7 Å². The minimum absolute atomic E-state index is 0.172. The third-order valence-electron chi connectivity index (χ3n) is 24.5. The summed E-state index contributed by atoms with van der Waals surface area (Å²) in [6.45, 7) is 37.9. The minimum Gasteiger partial charge on any atom is -0.493 e. The summed E-state index contributed by atoms with van der Waals surface area (Å²) in [5.41, 5.74) is 14.6. The van der Waals surface area contributed by atoms with Crippen molar-refractivity contribution >= 4 is 85.9 Å². The summed E-state index contributed by atoms with van der Waals surface area (Å²) >= 11 is 6.77. The first-order chi connectivity index (χ1) is 56.2. The molecule has 115 heavy (non-hydrogen) atoms. The Balaban J connectivity index is 0.977. The Kier molecular flexibility index (Phi) is 33.5. The van der Waals surface area contributed by atoms with Crippen molar-refractivity contribution < 1.29 is 28.8 Å². The second-order valence-electron chi connectivity index (χ2n) is 32.5. The number of hydrogen-bond acceptors (Lipinski definition) is 12. The number of unbranched alkanes of at least 4 members (excludes halogenated alkanes) is 6. The van der Waals surface area contributed by atoms with Gasteiger partial charge in [-0.15, -0.1) is 34.0 Å². The van der Waals surface area contributed by atoms with E-state index in [9.17, 15) is 9.90 Å². The summed E-state index contributed by atoms with van der Waals surface area (Å²) in [5.74, 6) is 5.32. The van der Waals surface area contributed by atoms with Crippen molar-refractivity contribution in [2.45, 2.75) is 255 Å². The van der Waals surface area contributed by atoms with Gasteiger partial charge < -0.3 is 29.0 Å². The monoisotopic (exact) mass is 1620 g/mol. The quantitative estimate of drug-likeness (QED) is 0.0295. The zero-order valence-corrected chi connectivity index (χ0v) is 74.3. The Morgan fingerprint density at radius 1 is 0.417 bits per heavy atom. The zero-order chi connectivity index (χ0) is 81.2. The van der Waals surface area contributed by atoms with Crippen LogP contribution in [0.1, 0.15) is 265 Å². The standard InChI is InChI=1S/C101H128N4O6S4/c1-14-26-32-69(20-7)63-101(64-70(21-8)33-27-15-2)98-88(89-62-95(114-99(89)101)93-57-52-83(112-93)60-90(102-13)100(106)107)61-94(113-98)87-56-55-86(96-97(87)104-115-103-96)77-42-48-80(49-43-77)105(78-44-38-75(39-45-78)84-53-50-81(108-65-71(22-9)34-28-16-3)58-91(84)110-67-73(24-11)36-30-18-5)79-46-40-76(41-47-79)85-54-51-82(109-66-72(23-10)35-29-17-4)59-92(85)111-68-74(25-12)37-31-19-6/h38-62,69-74H,14-37,63-68H2,1-12H3,(H,106,107)/b90-60-. The van der Waals surface area contributed by atoms with Crippen molar-refractivity contribution in [1.82, 2.24) is 8.75 Å². The molecule has 1 aliphatic carbocycles. The number of ether oxygens (including phenoxy) is 4. The van der Waals surface area contributed by atoms with Gasteiger partial charge in [0.1, 0.15) is 34.0 Å². The molecule has 0 radical (unpaired) electrons. The molecular weight excluding hydrogens is 1490 g/mol. The van der Waals surface area contributed by atoms with Crippen molar-refractivity contribution in [3.05, 3.63) is 177 Å². The van der Waals surface area contributed by atoms with Gasteiger partial charge in [-0.25, -0.2) is 4.85 Å². The Labute approximate surface area is 705 Å². The molecule has 1 N–H and O–H groups in total.